The molecule has 0 spiro atoms. The van der Waals surface area contributed by atoms with Crippen molar-refractivity contribution in [2.24, 2.45) is 5.73 Å². The number of aromatic nitrogens is 1. The van der Waals surface area contributed by atoms with Crippen molar-refractivity contribution in [3.8, 4) is 0 Å². The molecular formula is C16H16N2O. The summed E-state index contributed by atoms with van der Waals surface area (Å²) in [6.45, 7) is 1.93. The van der Waals surface area contributed by atoms with Crippen LogP contribution in [0.3, 0.4) is 0 Å². The van der Waals surface area contributed by atoms with E-state index in [2.05, 4.69) is 11.1 Å². The van der Waals surface area contributed by atoms with Crippen molar-refractivity contribution < 1.29 is 4.79 Å². The second kappa shape index (κ2) is 4.19. The lowest BCUT2D eigenvalue weighted by Gasteiger charge is -2.28. The van der Waals surface area contributed by atoms with E-state index in [0.29, 0.717) is 0 Å². The Balaban J connectivity index is 2.30. The molecule has 2 N–H and O–H groups in total. The molecule has 1 aromatic heterocycles. The predicted molar refractivity (Wildman–Crippen MR) is 73.7 cm³/mol. The first-order valence-corrected chi connectivity index (χ1v) is 6.46. The highest BCUT2D eigenvalue weighted by molar-refractivity contribution is 5.92. The number of nitrogens with zero attached hydrogens (tertiary/aromatic N) is 1. The number of pyridine rings is 1. The van der Waals surface area contributed by atoms with Crippen LogP contribution in [0.4, 0.5) is 0 Å². The van der Waals surface area contributed by atoms with Crippen molar-refractivity contribution in [3.05, 3.63) is 65.0 Å². The van der Waals surface area contributed by atoms with Gasteiger partial charge < -0.3 is 5.73 Å². The average Bonchev–Trinajstić information content (AvgIpc) is 2.80. The number of carbonyl (C=O) groups excluding carboxylic acids is 1. The number of nitrogens with two attached hydrogens (primary N) is 1. The molecule has 1 amide bonds. The summed E-state index contributed by atoms with van der Waals surface area (Å²) in [5.41, 5.74) is 9.13. The molecule has 1 unspecified atom stereocenters. The molecule has 1 aliphatic rings. The number of hydrogen-bond acceptors (Lipinski definition) is 2. The lowest BCUT2D eigenvalue weighted by molar-refractivity contribution is -0.122. The monoisotopic (exact) mass is 252 g/mol. The summed E-state index contributed by atoms with van der Waals surface area (Å²) < 4.78 is 0. The van der Waals surface area contributed by atoms with Crippen molar-refractivity contribution in [3.63, 3.8) is 0 Å². The Morgan fingerprint density at radius 2 is 1.95 bits per heavy atom. The number of carbonyl (C=O) groups is 1. The zero-order chi connectivity index (χ0) is 13.5. The Hall–Kier alpha value is -2.16. The quantitative estimate of drug-likeness (QED) is 0.890. The van der Waals surface area contributed by atoms with E-state index in [1.807, 2.05) is 37.3 Å². The summed E-state index contributed by atoms with van der Waals surface area (Å²) in [4.78, 5) is 16.5. The van der Waals surface area contributed by atoms with Crippen LogP contribution < -0.4 is 5.73 Å². The molecule has 3 nitrogen and oxygen atoms in total. The molecular weight excluding hydrogens is 236 g/mol. The fourth-order valence-corrected chi connectivity index (χ4v) is 3.22. The Kier molecular flexibility index (Phi) is 2.63. The number of rotatable bonds is 2. The number of aryl methyl sites for hydroxylation is 2. The first-order valence-electron chi connectivity index (χ1n) is 6.46. The van der Waals surface area contributed by atoms with Crippen LogP contribution in [0.1, 0.15) is 28.8 Å². The van der Waals surface area contributed by atoms with E-state index in [1.165, 1.54) is 5.56 Å². The Bertz CT molecular complexity index is 651. The second-order valence-electron chi connectivity index (χ2n) is 5.06. The number of hydrogen-bond donors (Lipinski definition) is 1. The molecule has 0 radical (unpaired) electrons. The van der Waals surface area contributed by atoms with Gasteiger partial charge >= 0.3 is 0 Å². The van der Waals surface area contributed by atoms with E-state index >= 15 is 0 Å². The fourth-order valence-electron chi connectivity index (χ4n) is 3.22. The van der Waals surface area contributed by atoms with Crippen LogP contribution >= 0.6 is 0 Å². The highest BCUT2D eigenvalue weighted by Gasteiger charge is 2.46. The van der Waals surface area contributed by atoms with Gasteiger partial charge in [-0.05, 0) is 42.5 Å². The summed E-state index contributed by atoms with van der Waals surface area (Å²) >= 11 is 0. The third-order valence-electron chi connectivity index (χ3n) is 4.13. The molecule has 3 rings (SSSR count). The minimum Gasteiger partial charge on any atom is -0.369 e. The maximum absolute atomic E-state index is 12.2. The van der Waals surface area contributed by atoms with E-state index in [4.69, 9.17) is 5.73 Å². The molecule has 0 aliphatic heterocycles. The molecule has 1 aromatic carbocycles. The Morgan fingerprint density at radius 3 is 2.68 bits per heavy atom. The van der Waals surface area contributed by atoms with Gasteiger partial charge in [-0.2, -0.15) is 0 Å². The van der Waals surface area contributed by atoms with Crippen molar-refractivity contribution in [1.29, 1.82) is 0 Å². The van der Waals surface area contributed by atoms with Gasteiger partial charge in [0.15, 0.2) is 0 Å². The molecule has 0 bridgehead atoms. The number of amides is 1. The highest BCUT2D eigenvalue weighted by Crippen LogP contribution is 2.44. The summed E-state index contributed by atoms with van der Waals surface area (Å²) in [6, 6.07) is 11.9. The van der Waals surface area contributed by atoms with Crippen molar-refractivity contribution >= 4 is 5.91 Å². The maximum atomic E-state index is 12.2. The molecule has 96 valence electrons. The first kappa shape index (κ1) is 11.9. The first-order chi connectivity index (χ1) is 9.16. The predicted octanol–water partition coefficient (Wildman–Crippen LogP) is 2.11. The van der Waals surface area contributed by atoms with Crippen LogP contribution in [0.25, 0.3) is 0 Å². The van der Waals surface area contributed by atoms with Gasteiger partial charge in [0.25, 0.3) is 0 Å². The highest BCUT2D eigenvalue weighted by atomic mass is 16.1. The van der Waals surface area contributed by atoms with Crippen molar-refractivity contribution in [2.75, 3.05) is 0 Å². The Labute approximate surface area is 112 Å². The zero-order valence-electron chi connectivity index (χ0n) is 10.9. The molecule has 1 atom stereocenters. The van der Waals surface area contributed by atoms with Gasteiger partial charge in [0, 0.05) is 11.9 Å². The molecule has 0 fully saturated rings. The molecule has 0 saturated carbocycles. The zero-order valence-corrected chi connectivity index (χ0v) is 10.9. The van der Waals surface area contributed by atoms with Gasteiger partial charge in [0.2, 0.25) is 5.91 Å². The topological polar surface area (TPSA) is 56.0 Å². The summed E-state index contributed by atoms with van der Waals surface area (Å²) in [5.74, 6) is -0.284. The van der Waals surface area contributed by atoms with E-state index in [0.717, 1.165) is 29.7 Å². The molecule has 1 heterocycles. The third-order valence-corrected chi connectivity index (χ3v) is 4.13. The minimum absolute atomic E-state index is 0.284. The summed E-state index contributed by atoms with van der Waals surface area (Å²) in [6.07, 6.45) is 3.36. The van der Waals surface area contributed by atoms with Gasteiger partial charge in [-0.1, -0.05) is 30.3 Å². The third kappa shape index (κ3) is 1.58. The smallest absolute Gasteiger partial charge is 0.232 e. The molecule has 1 aliphatic carbocycles. The summed E-state index contributed by atoms with van der Waals surface area (Å²) in [7, 11) is 0. The van der Waals surface area contributed by atoms with Crippen LogP contribution in [0, 0.1) is 6.92 Å². The number of primary amides is 1. The van der Waals surface area contributed by atoms with Crippen LogP contribution in [-0.4, -0.2) is 10.9 Å². The molecule has 3 heteroatoms. The van der Waals surface area contributed by atoms with Crippen molar-refractivity contribution in [1.82, 2.24) is 4.98 Å². The van der Waals surface area contributed by atoms with E-state index in [-0.39, 0.29) is 5.91 Å². The lowest BCUT2D eigenvalue weighted by atomic mass is 9.74. The second-order valence-corrected chi connectivity index (χ2v) is 5.06. The fraction of sp³-hybridized carbons (Fsp3) is 0.250. The van der Waals surface area contributed by atoms with Gasteiger partial charge in [-0.15, -0.1) is 0 Å². The average molecular weight is 252 g/mol. The standard InChI is InChI=1S/C16H16N2O/c1-11-13(7-4-10-18-11)16(15(17)19)9-8-12-5-2-3-6-14(12)16/h2-7,10H,8-9H2,1H3,(H2,17,19). The van der Waals surface area contributed by atoms with Crippen molar-refractivity contribution in [2.45, 2.75) is 25.2 Å². The minimum atomic E-state index is -0.713. The molecule has 2 aromatic rings. The van der Waals surface area contributed by atoms with Gasteiger partial charge in [-0.25, -0.2) is 0 Å². The van der Waals surface area contributed by atoms with Gasteiger partial charge in [-0.3, -0.25) is 9.78 Å². The van der Waals surface area contributed by atoms with Crippen LogP contribution in [0.5, 0.6) is 0 Å². The van der Waals surface area contributed by atoms with Crippen LogP contribution in [0.2, 0.25) is 0 Å². The summed E-state index contributed by atoms with van der Waals surface area (Å²) in [5, 5.41) is 0. The largest absolute Gasteiger partial charge is 0.369 e. The van der Waals surface area contributed by atoms with Crippen LogP contribution in [0.15, 0.2) is 42.6 Å². The van der Waals surface area contributed by atoms with Gasteiger partial charge in [0.05, 0.1) is 0 Å². The Morgan fingerprint density at radius 1 is 1.21 bits per heavy atom. The van der Waals surface area contributed by atoms with E-state index in [1.54, 1.807) is 6.20 Å². The van der Waals surface area contributed by atoms with Gasteiger partial charge in [0.1, 0.15) is 5.41 Å². The van der Waals surface area contributed by atoms with E-state index in [9.17, 15) is 4.79 Å². The SMILES string of the molecule is Cc1ncccc1C1(C(N)=O)CCc2ccccc21. The van der Waals surface area contributed by atoms with Crippen LogP contribution in [-0.2, 0) is 16.6 Å². The normalized spacial score (nSPS) is 21.1. The van der Waals surface area contributed by atoms with E-state index < -0.39 is 5.41 Å². The molecule has 0 saturated heterocycles. The maximum Gasteiger partial charge on any atom is 0.232 e. The molecule has 19 heavy (non-hydrogen) atoms. The lowest BCUT2D eigenvalue weighted by Crippen LogP contribution is -2.41. The number of fused-ring (bicyclic) bond motifs is 1. The number of benzene rings is 1.